The maximum atomic E-state index is 6.04. The lowest BCUT2D eigenvalue weighted by molar-refractivity contribution is 0.983. The van der Waals surface area contributed by atoms with E-state index in [4.69, 9.17) is 10.7 Å². The van der Waals surface area contributed by atoms with Crippen molar-refractivity contribution in [2.75, 3.05) is 5.73 Å². The largest absolute Gasteiger partial charge is 0.383 e. The van der Waals surface area contributed by atoms with Gasteiger partial charge in [-0.1, -0.05) is 18.2 Å². The Morgan fingerprint density at radius 3 is 2.50 bits per heavy atom. The summed E-state index contributed by atoms with van der Waals surface area (Å²) in [6.07, 6.45) is 5.02. The van der Waals surface area contributed by atoms with E-state index in [9.17, 15) is 0 Å². The lowest BCUT2D eigenvalue weighted by Crippen LogP contribution is -2.02. The summed E-state index contributed by atoms with van der Waals surface area (Å²) in [4.78, 5) is 9.20. The molecule has 2 aliphatic carbocycles. The number of nitrogens with two attached hydrogens (primary N) is 1. The molecule has 2 N–H and O–H groups in total. The van der Waals surface area contributed by atoms with Gasteiger partial charge in [0.15, 0.2) is 5.82 Å². The fourth-order valence-electron chi connectivity index (χ4n) is 2.59. The Balaban J connectivity index is 1.79. The van der Waals surface area contributed by atoms with Crippen LogP contribution in [0.15, 0.2) is 28.7 Å². The summed E-state index contributed by atoms with van der Waals surface area (Å²) in [5.41, 5.74) is 9.59. The summed E-state index contributed by atoms with van der Waals surface area (Å²) in [7, 11) is 0. The van der Waals surface area contributed by atoms with Gasteiger partial charge in [0.1, 0.15) is 5.82 Å². The maximum absolute atomic E-state index is 6.04. The molecule has 102 valence electrons. The topological polar surface area (TPSA) is 51.8 Å². The van der Waals surface area contributed by atoms with Gasteiger partial charge in [-0.2, -0.15) is 0 Å². The third-order valence-electron chi connectivity index (χ3n) is 4.06. The molecule has 2 saturated carbocycles. The highest BCUT2D eigenvalue weighted by Gasteiger charge is 2.29. The second kappa shape index (κ2) is 4.55. The van der Waals surface area contributed by atoms with Crippen molar-refractivity contribution in [3.8, 4) is 11.4 Å². The fraction of sp³-hybridized carbons (Fsp3) is 0.375. The highest BCUT2D eigenvalue weighted by Crippen LogP contribution is 2.44. The second-order valence-electron chi connectivity index (χ2n) is 5.81. The molecule has 0 atom stereocenters. The van der Waals surface area contributed by atoms with Crippen LogP contribution in [0.3, 0.4) is 0 Å². The van der Waals surface area contributed by atoms with Crippen molar-refractivity contribution in [3.05, 3.63) is 40.0 Å². The molecule has 1 aromatic heterocycles. The van der Waals surface area contributed by atoms with Crippen molar-refractivity contribution < 1.29 is 0 Å². The van der Waals surface area contributed by atoms with E-state index in [2.05, 4.69) is 45.2 Å². The van der Waals surface area contributed by atoms with Crippen molar-refractivity contribution in [2.24, 2.45) is 0 Å². The van der Waals surface area contributed by atoms with Crippen molar-refractivity contribution in [1.82, 2.24) is 9.97 Å². The van der Waals surface area contributed by atoms with Crippen LogP contribution in [0.25, 0.3) is 11.4 Å². The van der Waals surface area contributed by atoms with Crippen LogP contribution < -0.4 is 5.73 Å². The summed E-state index contributed by atoms with van der Waals surface area (Å²) in [5.74, 6) is 2.61. The van der Waals surface area contributed by atoms with Crippen LogP contribution in [0.5, 0.6) is 0 Å². The van der Waals surface area contributed by atoms with Crippen molar-refractivity contribution in [1.29, 1.82) is 0 Å². The normalized spacial score (nSPS) is 18.2. The van der Waals surface area contributed by atoms with Gasteiger partial charge in [0.25, 0.3) is 0 Å². The fourth-order valence-corrected chi connectivity index (χ4v) is 3.09. The van der Waals surface area contributed by atoms with Gasteiger partial charge in [0, 0.05) is 11.5 Å². The molecule has 4 rings (SSSR count). The van der Waals surface area contributed by atoms with Gasteiger partial charge in [-0.15, -0.1) is 0 Å². The lowest BCUT2D eigenvalue weighted by Gasteiger charge is -2.09. The molecule has 0 spiro atoms. The van der Waals surface area contributed by atoms with E-state index in [0.717, 1.165) is 27.5 Å². The summed E-state index contributed by atoms with van der Waals surface area (Å²) >= 11 is 3.53. The third-order valence-corrected chi connectivity index (χ3v) is 4.87. The Morgan fingerprint density at radius 1 is 1.05 bits per heavy atom. The Bertz CT molecular complexity index is 675. The average Bonchev–Trinajstić information content (AvgIpc) is 3.33. The van der Waals surface area contributed by atoms with E-state index in [1.54, 1.807) is 0 Å². The van der Waals surface area contributed by atoms with Gasteiger partial charge in [-0.05, 0) is 59.2 Å². The standard InChI is InChI=1S/C16H16BrN3/c17-13-14(10-6-7-10)19-16(20-15(13)18)12-3-1-2-11(8-12)9-4-5-9/h1-3,8-10H,4-7H2,(H2,18,19,20). The molecule has 2 fully saturated rings. The number of hydrogen-bond donors (Lipinski definition) is 1. The number of hydrogen-bond acceptors (Lipinski definition) is 3. The molecule has 0 unspecified atom stereocenters. The molecule has 0 radical (unpaired) electrons. The first kappa shape index (κ1) is 12.3. The zero-order chi connectivity index (χ0) is 13.7. The lowest BCUT2D eigenvalue weighted by atomic mass is 10.1. The van der Waals surface area contributed by atoms with Crippen molar-refractivity contribution in [2.45, 2.75) is 37.5 Å². The Morgan fingerprint density at radius 2 is 1.80 bits per heavy atom. The second-order valence-corrected chi connectivity index (χ2v) is 6.60. The molecule has 2 aromatic rings. The van der Waals surface area contributed by atoms with Crippen LogP contribution in [0, 0.1) is 0 Å². The van der Waals surface area contributed by atoms with Crippen LogP contribution in [0.4, 0.5) is 5.82 Å². The molecule has 0 saturated heterocycles. The molecule has 2 aliphatic rings. The smallest absolute Gasteiger partial charge is 0.161 e. The predicted octanol–water partition coefficient (Wildman–Crippen LogP) is 4.24. The van der Waals surface area contributed by atoms with Gasteiger partial charge in [0.2, 0.25) is 0 Å². The van der Waals surface area contributed by atoms with Crippen LogP contribution >= 0.6 is 15.9 Å². The summed E-state index contributed by atoms with van der Waals surface area (Å²) in [6.45, 7) is 0. The van der Waals surface area contributed by atoms with Gasteiger partial charge < -0.3 is 5.73 Å². The Hall–Kier alpha value is -1.42. The SMILES string of the molecule is Nc1nc(-c2cccc(C3CC3)c2)nc(C2CC2)c1Br. The molecule has 4 heteroatoms. The van der Waals surface area contributed by atoms with E-state index < -0.39 is 0 Å². The number of anilines is 1. The van der Waals surface area contributed by atoms with E-state index in [-0.39, 0.29) is 0 Å². The number of benzene rings is 1. The van der Waals surface area contributed by atoms with E-state index in [0.29, 0.717) is 11.7 Å². The van der Waals surface area contributed by atoms with Gasteiger partial charge in [-0.3, -0.25) is 0 Å². The van der Waals surface area contributed by atoms with Crippen LogP contribution in [-0.2, 0) is 0 Å². The van der Waals surface area contributed by atoms with Gasteiger partial charge in [-0.25, -0.2) is 9.97 Å². The van der Waals surface area contributed by atoms with Crippen molar-refractivity contribution in [3.63, 3.8) is 0 Å². The molecule has 1 heterocycles. The zero-order valence-corrected chi connectivity index (χ0v) is 12.7. The monoisotopic (exact) mass is 329 g/mol. The molecular formula is C16H16BrN3. The van der Waals surface area contributed by atoms with Crippen LogP contribution in [-0.4, -0.2) is 9.97 Å². The minimum Gasteiger partial charge on any atom is -0.383 e. The zero-order valence-electron chi connectivity index (χ0n) is 11.1. The number of halogens is 1. The van der Waals surface area contributed by atoms with Gasteiger partial charge >= 0.3 is 0 Å². The number of nitrogen functional groups attached to an aromatic ring is 1. The molecule has 0 aliphatic heterocycles. The summed E-state index contributed by atoms with van der Waals surface area (Å²) in [6, 6.07) is 8.59. The Labute approximate surface area is 126 Å². The van der Waals surface area contributed by atoms with E-state index in [1.807, 2.05) is 0 Å². The third kappa shape index (κ3) is 2.22. The number of nitrogens with zero attached hydrogens (tertiary/aromatic N) is 2. The molecular weight excluding hydrogens is 314 g/mol. The Kier molecular flexibility index (Phi) is 2.81. The molecule has 1 aromatic carbocycles. The van der Waals surface area contributed by atoms with E-state index >= 15 is 0 Å². The molecule has 20 heavy (non-hydrogen) atoms. The number of rotatable bonds is 3. The average molecular weight is 330 g/mol. The predicted molar refractivity (Wildman–Crippen MR) is 83.5 cm³/mol. The van der Waals surface area contributed by atoms with E-state index in [1.165, 1.54) is 31.2 Å². The first-order chi connectivity index (χ1) is 9.72. The first-order valence-corrected chi connectivity index (χ1v) is 7.95. The quantitative estimate of drug-likeness (QED) is 0.916. The summed E-state index contributed by atoms with van der Waals surface area (Å²) in [5, 5.41) is 0. The number of aromatic nitrogens is 2. The maximum Gasteiger partial charge on any atom is 0.161 e. The minimum absolute atomic E-state index is 0.550. The first-order valence-electron chi connectivity index (χ1n) is 7.15. The highest BCUT2D eigenvalue weighted by atomic mass is 79.9. The molecule has 0 bridgehead atoms. The van der Waals surface area contributed by atoms with Crippen LogP contribution in [0.2, 0.25) is 0 Å². The van der Waals surface area contributed by atoms with Crippen LogP contribution in [0.1, 0.15) is 48.8 Å². The molecule has 0 amide bonds. The summed E-state index contributed by atoms with van der Waals surface area (Å²) < 4.78 is 0.877. The highest BCUT2D eigenvalue weighted by molar-refractivity contribution is 9.10. The molecule has 3 nitrogen and oxygen atoms in total. The minimum atomic E-state index is 0.550. The van der Waals surface area contributed by atoms with Crippen molar-refractivity contribution >= 4 is 21.7 Å². The van der Waals surface area contributed by atoms with Gasteiger partial charge in [0.05, 0.1) is 10.2 Å².